The highest BCUT2D eigenvalue weighted by Crippen LogP contribution is 2.36. The Balaban J connectivity index is 1.55. The van der Waals surface area contributed by atoms with Gasteiger partial charge in [-0.25, -0.2) is 0 Å². The molecule has 1 aromatic carbocycles. The number of aliphatic hydroxyl groups is 1. The molecule has 1 aromatic rings. The molecule has 29 heavy (non-hydrogen) atoms. The van der Waals surface area contributed by atoms with Crippen molar-refractivity contribution in [2.24, 2.45) is 5.41 Å². The van der Waals surface area contributed by atoms with Crippen molar-refractivity contribution in [1.82, 2.24) is 9.80 Å². The standard InChI is InChI=1S/C23H34N2O4/c26-20-12-17-25(21(27)11-7-16-24-14-4-5-15-24)18-23(20,22(28)29)13-6-10-19-8-2-1-3-9-19/h1-3,8-9,20,26H,4-7,10-18H2,(H,28,29)/t20-,23+/m0/s1. The van der Waals surface area contributed by atoms with Crippen LogP contribution in [-0.4, -0.2) is 70.7 Å². The highest BCUT2D eigenvalue weighted by Gasteiger charge is 2.49. The summed E-state index contributed by atoms with van der Waals surface area (Å²) in [5.41, 5.74) is -0.106. The van der Waals surface area contributed by atoms with Crippen LogP contribution in [0, 0.1) is 5.41 Å². The van der Waals surface area contributed by atoms with Crippen LogP contribution in [0.2, 0.25) is 0 Å². The average Bonchev–Trinajstić information content (AvgIpc) is 3.23. The smallest absolute Gasteiger partial charge is 0.314 e. The SMILES string of the molecule is O=C(CCCN1CCCC1)N1CC[C@H](O)[C@](CCCc2ccccc2)(C(=O)O)C1. The first kappa shape index (κ1) is 21.8. The quantitative estimate of drug-likeness (QED) is 0.663. The predicted octanol–water partition coefficient (Wildman–Crippen LogP) is 2.55. The third-order valence-electron chi connectivity index (χ3n) is 6.56. The maximum Gasteiger partial charge on any atom is 0.314 e. The number of carboxylic acids is 1. The molecule has 0 aliphatic carbocycles. The van der Waals surface area contributed by atoms with E-state index in [-0.39, 0.29) is 12.5 Å². The fraction of sp³-hybridized carbons (Fsp3) is 0.652. The minimum Gasteiger partial charge on any atom is -0.481 e. The summed E-state index contributed by atoms with van der Waals surface area (Å²) in [6.45, 7) is 3.73. The summed E-state index contributed by atoms with van der Waals surface area (Å²) in [7, 11) is 0. The molecule has 2 aliphatic heterocycles. The van der Waals surface area contributed by atoms with Gasteiger partial charge in [-0.1, -0.05) is 30.3 Å². The molecule has 0 spiro atoms. The van der Waals surface area contributed by atoms with Crippen molar-refractivity contribution in [3.05, 3.63) is 35.9 Å². The highest BCUT2D eigenvalue weighted by molar-refractivity contribution is 5.80. The lowest BCUT2D eigenvalue weighted by Gasteiger charge is -2.43. The second-order valence-electron chi connectivity index (χ2n) is 8.57. The third kappa shape index (κ3) is 5.58. The van der Waals surface area contributed by atoms with Crippen LogP contribution in [0.3, 0.4) is 0 Å². The van der Waals surface area contributed by atoms with Gasteiger partial charge in [-0.05, 0) is 70.1 Å². The first-order chi connectivity index (χ1) is 14.0. The average molecular weight is 403 g/mol. The molecule has 3 rings (SSSR count). The second-order valence-corrected chi connectivity index (χ2v) is 8.57. The van der Waals surface area contributed by atoms with E-state index in [0.29, 0.717) is 32.2 Å². The van der Waals surface area contributed by atoms with E-state index in [1.807, 2.05) is 30.3 Å². The number of benzene rings is 1. The monoisotopic (exact) mass is 402 g/mol. The van der Waals surface area contributed by atoms with Gasteiger partial charge in [0, 0.05) is 19.5 Å². The second kappa shape index (κ2) is 10.2. The first-order valence-electron chi connectivity index (χ1n) is 11.0. The number of carbonyl (C=O) groups is 2. The molecule has 0 saturated carbocycles. The van der Waals surface area contributed by atoms with Crippen LogP contribution in [0.5, 0.6) is 0 Å². The van der Waals surface area contributed by atoms with E-state index in [1.165, 1.54) is 12.8 Å². The van der Waals surface area contributed by atoms with Crippen LogP contribution in [0.15, 0.2) is 30.3 Å². The van der Waals surface area contributed by atoms with Crippen molar-refractivity contribution in [2.45, 2.75) is 57.5 Å². The number of aliphatic carboxylic acids is 1. The van der Waals surface area contributed by atoms with Gasteiger partial charge in [0.1, 0.15) is 5.41 Å². The Kier molecular flexibility index (Phi) is 7.67. The molecule has 2 N–H and O–H groups in total. The molecular weight excluding hydrogens is 368 g/mol. The molecule has 0 aromatic heterocycles. The molecule has 0 radical (unpaired) electrons. The number of carbonyl (C=O) groups excluding carboxylic acids is 1. The molecule has 0 unspecified atom stereocenters. The maximum absolute atomic E-state index is 12.7. The van der Waals surface area contributed by atoms with Gasteiger partial charge >= 0.3 is 5.97 Å². The number of hydrogen-bond donors (Lipinski definition) is 2. The summed E-state index contributed by atoms with van der Waals surface area (Å²) in [5.74, 6) is -0.975. The van der Waals surface area contributed by atoms with Gasteiger partial charge in [0.25, 0.3) is 0 Å². The molecular formula is C23H34N2O4. The number of likely N-dealkylation sites (tertiary alicyclic amines) is 2. The molecule has 6 nitrogen and oxygen atoms in total. The fourth-order valence-electron chi connectivity index (χ4n) is 4.73. The van der Waals surface area contributed by atoms with E-state index in [0.717, 1.165) is 38.0 Å². The molecule has 2 aliphatic rings. The van der Waals surface area contributed by atoms with Crippen LogP contribution in [-0.2, 0) is 16.0 Å². The summed E-state index contributed by atoms with van der Waals surface area (Å²) in [4.78, 5) is 29.0. The number of nitrogens with zero attached hydrogens (tertiary/aromatic N) is 2. The number of piperidine rings is 1. The Morgan fingerprint density at radius 2 is 1.79 bits per heavy atom. The molecule has 2 saturated heterocycles. The van der Waals surface area contributed by atoms with Gasteiger partial charge in [0.2, 0.25) is 5.91 Å². The number of aliphatic hydroxyl groups excluding tert-OH is 1. The Labute approximate surface area is 173 Å². The molecule has 2 heterocycles. The van der Waals surface area contributed by atoms with Crippen molar-refractivity contribution >= 4 is 11.9 Å². The minimum atomic E-state index is -1.27. The van der Waals surface area contributed by atoms with Crippen LogP contribution in [0.1, 0.15) is 50.5 Å². The molecule has 1 amide bonds. The third-order valence-corrected chi connectivity index (χ3v) is 6.56. The predicted molar refractivity (Wildman–Crippen MR) is 112 cm³/mol. The summed E-state index contributed by atoms with van der Waals surface area (Å²) in [6, 6.07) is 9.96. The number of amides is 1. The maximum atomic E-state index is 12.7. The van der Waals surface area contributed by atoms with E-state index in [2.05, 4.69) is 4.90 Å². The largest absolute Gasteiger partial charge is 0.481 e. The number of hydrogen-bond acceptors (Lipinski definition) is 4. The Bertz CT molecular complexity index is 675. The van der Waals surface area contributed by atoms with Crippen LogP contribution in [0.25, 0.3) is 0 Å². The van der Waals surface area contributed by atoms with E-state index >= 15 is 0 Å². The Morgan fingerprint density at radius 1 is 1.07 bits per heavy atom. The zero-order valence-corrected chi connectivity index (χ0v) is 17.3. The number of carboxylic acid groups (broad SMARTS) is 1. The van der Waals surface area contributed by atoms with E-state index in [4.69, 9.17) is 0 Å². The normalized spacial score (nSPS) is 25.3. The lowest BCUT2D eigenvalue weighted by atomic mass is 9.73. The van der Waals surface area contributed by atoms with Crippen molar-refractivity contribution in [3.63, 3.8) is 0 Å². The van der Waals surface area contributed by atoms with Gasteiger partial charge < -0.3 is 20.0 Å². The van der Waals surface area contributed by atoms with E-state index < -0.39 is 17.5 Å². The Morgan fingerprint density at radius 3 is 2.48 bits per heavy atom. The summed E-state index contributed by atoms with van der Waals surface area (Å²) >= 11 is 0. The van der Waals surface area contributed by atoms with Crippen molar-refractivity contribution < 1.29 is 19.8 Å². The Hall–Kier alpha value is -1.92. The highest BCUT2D eigenvalue weighted by atomic mass is 16.4. The zero-order valence-electron chi connectivity index (χ0n) is 17.3. The van der Waals surface area contributed by atoms with Crippen LogP contribution >= 0.6 is 0 Å². The fourth-order valence-corrected chi connectivity index (χ4v) is 4.73. The first-order valence-corrected chi connectivity index (χ1v) is 11.0. The van der Waals surface area contributed by atoms with E-state index in [9.17, 15) is 19.8 Å². The minimum absolute atomic E-state index is 0.0183. The number of rotatable bonds is 9. The van der Waals surface area contributed by atoms with Crippen molar-refractivity contribution in [1.29, 1.82) is 0 Å². The van der Waals surface area contributed by atoms with Gasteiger partial charge in [-0.3, -0.25) is 9.59 Å². The molecule has 6 heteroatoms. The van der Waals surface area contributed by atoms with Crippen LogP contribution in [0.4, 0.5) is 0 Å². The summed E-state index contributed by atoms with van der Waals surface area (Å²) in [6.07, 6.45) is 4.97. The zero-order chi connectivity index (χ0) is 20.7. The van der Waals surface area contributed by atoms with Crippen molar-refractivity contribution in [3.8, 4) is 0 Å². The molecule has 0 bridgehead atoms. The van der Waals surface area contributed by atoms with E-state index in [1.54, 1.807) is 4.90 Å². The van der Waals surface area contributed by atoms with Gasteiger partial charge in [0.15, 0.2) is 0 Å². The lowest BCUT2D eigenvalue weighted by molar-refractivity contribution is -0.167. The van der Waals surface area contributed by atoms with Crippen LogP contribution < -0.4 is 0 Å². The van der Waals surface area contributed by atoms with Crippen molar-refractivity contribution in [2.75, 3.05) is 32.7 Å². The lowest BCUT2D eigenvalue weighted by Crippen LogP contribution is -2.57. The topological polar surface area (TPSA) is 81.1 Å². The van der Waals surface area contributed by atoms with Gasteiger partial charge in [0.05, 0.1) is 6.10 Å². The summed E-state index contributed by atoms with van der Waals surface area (Å²) in [5, 5.41) is 20.6. The molecule has 2 atom stereocenters. The number of aryl methyl sites for hydroxylation is 1. The molecule has 2 fully saturated rings. The van der Waals surface area contributed by atoms with Gasteiger partial charge in [-0.2, -0.15) is 0 Å². The summed E-state index contributed by atoms with van der Waals surface area (Å²) < 4.78 is 0. The molecule has 160 valence electrons. The van der Waals surface area contributed by atoms with Gasteiger partial charge in [-0.15, -0.1) is 0 Å².